The Hall–Kier alpha value is -6.76. The maximum absolute atomic E-state index is 2.46. The second-order valence-electron chi connectivity index (χ2n) is 14.7. The van der Waals surface area contributed by atoms with Crippen molar-refractivity contribution >= 4 is 50.5 Å². The van der Waals surface area contributed by atoms with Crippen molar-refractivity contribution in [2.75, 3.05) is 0 Å². The van der Waals surface area contributed by atoms with Gasteiger partial charge in [0.05, 0.1) is 0 Å². The summed E-state index contributed by atoms with van der Waals surface area (Å²) in [5.74, 6) is 0.331. The van der Waals surface area contributed by atoms with Crippen molar-refractivity contribution in [2.24, 2.45) is 0 Å². The van der Waals surface area contributed by atoms with Crippen molar-refractivity contribution < 1.29 is 0 Å². The van der Waals surface area contributed by atoms with Gasteiger partial charge in [0.1, 0.15) is 0 Å². The van der Waals surface area contributed by atoms with Gasteiger partial charge in [0.15, 0.2) is 0 Å². The molecule has 0 bridgehead atoms. The summed E-state index contributed by atoms with van der Waals surface area (Å²) in [4.78, 5) is 0. The summed E-state index contributed by atoms with van der Waals surface area (Å²) in [6.45, 7) is 0. The van der Waals surface area contributed by atoms with Gasteiger partial charge in [-0.25, -0.2) is 0 Å². The van der Waals surface area contributed by atoms with E-state index in [0.717, 1.165) is 6.42 Å². The number of hydrogen-bond acceptors (Lipinski definition) is 0. The van der Waals surface area contributed by atoms with Gasteiger partial charge in [0.2, 0.25) is 0 Å². The molecular weight excluding hydrogens is 649 g/mol. The summed E-state index contributed by atoms with van der Waals surface area (Å²) in [6, 6.07) is 55.9. The van der Waals surface area contributed by atoms with E-state index < -0.39 is 0 Å². The smallest absolute Gasteiger partial charge is 0.0345 e. The van der Waals surface area contributed by atoms with Gasteiger partial charge in [-0.2, -0.15) is 0 Å². The summed E-state index contributed by atoms with van der Waals surface area (Å²) in [7, 11) is 0. The number of benzene rings is 8. The van der Waals surface area contributed by atoms with Crippen LogP contribution in [0.3, 0.4) is 0 Å². The van der Waals surface area contributed by atoms with Gasteiger partial charge in [-0.1, -0.05) is 200 Å². The van der Waals surface area contributed by atoms with Gasteiger partial charge in [-0.05, 0) is 111 Å². The van der Waals surface area contributed by atoms with Gasteiger partial charge in [0, 0.05) is 5.92 Å². The third-order valence-corrected chi connectivity index (χ3v) is 11.8. The maximum Gasteiger partial charge on any atom is 0.0345 e. The zero-order valence-electron chi connectivity index (χ0n) is 29.8. The van der Waals surface area contributed by atoms with E-state index in [1.54, 1.807) is 0 Å². The van der Waals surface area contributed by atoms with Gasteiger partial charge >= 0.3 is 0 Å². The monoisotopic (exact) mass is 684 g/mol. The molecule has 0 radical (unpaired) electrons. The first kappa shape index (κ1) is 30.8. The molecule has 1 unspecified atom stereocenters. The second-order valence-corrected chi connectivity index (χ2v) is 14.7. The fraction of sp³-hybridized carbons (Fsp3) is 0.0370. The van der Waals surface area contributed by atoms with Crippen LogP contribution in [-0.4, -0.2) is 0 Å². The highest BCUT2D eigenvalue weighted by Crippen LogP contribution is 2.51. The molecule has 1 atom stereocenters. The summed E-state index contributed by atoms with van der Waals surface area (Å²) in [5, 5.41) is 7.74. The molecule has 3 aliphatic rings. The molecule has 0 amide bonds. The molecule has 0 aromatic heterocycles. The molecule has 0 aliphatic heterocycles. The highest BCUT2D eigenvalue weighted by atomic mass is 14.4. The van der Waals surface area contributed by atoms with Crippen molar-refractivity contribution in [3.05, 3.63) is 221 Å². The zero-order valence-corrected chi connectivity index (χ0v) is 29.8. The van der Waals surface area contributed by atoms with Crippen LogP contribution in [0.25, 0.3) is 83.9 Å². The fourth-order valence-electron chi connectivity index (χ4n) is 9.29. The molecule has 0 heterocycles. The zero-order chi connectivity index (χ0) is 35.6. The quantitative estimate of drug-likeness (QED) is 0.125. The van der Waals surface area contributed by atoms with E-state index >= 15 is 0 Å². The summed E-state index contributed by atoms with van der Waals surface area (Å²) in [5.41, 5.74) is 17.3. The Balaban J connectivity index is 0.968. The van der Waals surface area contributed by atoms with Crippen molar-refractivity contribution in [3.8, 4) is 33.4 Å². The molecule has 0 heteroatoms. The summed E-state index contributed by atoms with van der Waals surface area (Å²) in [6.07, 6.45) is 19.3. The van der Waals surface area contributed by atoms with Crippen molar-refractivity contribution in [1.29, 1.82) is 0 Å². The number of fused-ring (bicyclic) bond motifs is 3. The van der Waals surface area contributed by atoms with Crippen molar-refractivity contribution in [2.45, 2.75) is 12.3 Å². The Bertz CT molecular complexity index is 2920. The van der Waals surface area contributed by atoms with Crippen molar-refractivity contribution in [3.63, 3.8) is 0 Å². The molecule has 8 aromatic rings. The lowest BCUT2D eigenvalue weighted by molar-refractivity contribution is 0.894. The number of allylic oxidation sites excluding steroid dienone is 7. The Labute approximate surface area is 316 Å². The van der Waals surface area contributed by atoms with Crippen LogP contribution in [0.1, 0.15) is 33.7 Å². The summed E-state index contributed by atoms with van der Waals surface area (Å²) >= 11 is 0. The minimum absolute atomic E-state index is 0.331. The van der Waals surface area contributed by atoms with Crippen LogP contribution in [0.15, 0.2) is 193 Å². The average molecular weight is 685 g/mol. The van der Waals surface area contributed by atoms with Crippen LogP contribution in [-0.2, 0) is 6.42 Å². The standard InChI is InChI=1S/C54H36/c1-2-13-43-37(9-1)10-8-18-44(43)38-25-21-35(22-26-38)19-20-36-23-27-41(28-24-36)52-45-14-3-5-16-47(45)54(48-17-6-4-15-46(48)52)50-34-32-42-30-29-39-11-7-12-40-31-33-49(50)53(42)51(39)40/h1-32,34,51H,33H2. The van der Waals surface area contributed by atoms with E-state index in [-0.39, 0.29) is 0 Å². The van der Waals surface area contributed by atoms with E-state index in [0.29, 0.717) is 5.92 Å². The lowest BCUT2D eigenvalue weighted by Crippen LogP contribution is -2.18. The molecule has 0 N–H and O–H groups in total. The van der Waals surface area contributed by atoms with Crippen LogP contribution >= 0.6 is 0 Å². The minimum Gasteiger partial charge on any atom is -0.0759 e. The highest BCUT2D eigenvalue weighted by Gasteiger charge is 2.32. The van der Waals surface area contributed by atoms with Crippen molar-refractivity contribution in [1.82, 2.24) is 0 Å². The first-order valence-electron chi connectivity index (χ1n) is 19.0. The molecule has 11 rings (SSSR count). The largest absolute Gasteiger partial charge is 0.0759 e. The maximum atomic E-state index is 2.46. The minimum atomic E-state index is 0.331. The fourth-order valence-corrected chi connectivity index (χ4v) is 9.29. The molecule has 8 aromatic carbocycles. The van der Waals surface area contributed by atoms with Crippen LogP contribution in [0.5, 0.6) is 0 Å². The van der Waals surface area contributed by atoms with E-state index in [9.17, 15) is 0 Å². The van der Waals surface area contributed by atoms with Crippen LogP contribution < -0.4 is 0 Å². The topological polar surface area (TPSA) is 0 Å². The lowest BCUT2D eigenvalue weighted by atomic mass is 9.69. The van der Waals surface area contributed by atoms with Gasteiger partial charge < -0.3 is 0 Å². The first-order valence-corrected chi connectivity index (χ1v) is 19.0. The van der Waals surface area contributed by atoms with Crippen LogP contribution in [0, 0.1) is 0 Å². The molecule has 54 heavy (non-hydrogen) atoms. The molecule has 0 spiro atoms. The Morgan fingerprint density at radius 3 is 1.76 bits per heavy atom. The molecular formula is C54H36. The van der Waals surface area contributed by atoms with Crippen LogP contribution in [0.4, 0.5) is 0 Å². The third kappa shape index (κ3) is 4.91. The Morgan fingerprint density at radius 1 is 0.444 bits per heavy atom. The van der Waals surface area contributed by atoms with E-state index in [1.807, 2.05) is 0 Å². The Kier molecular flexibility index (Phi) is 7.10. The Morgan fingerprint density at radius 2 is 1.06 bits per heavy atom. The number of rotatable bonds is 5. The molecule has 0 nitrogen and oxygen atoms in total. The second kappa shape index (κ2) is 12.4. The number of hydrogen-bond donors (Lipinski definition) is 0. The SMILES string of the molecule is C1=CC2=CCc3c(-c4c5ccccc5c(-c5ccc(C=Cc6ccc(-c7cccc8ccccc78)cc6)cc5)c5ccccc45)ccc4c3C2C(=C1)C=C4. The van der Waals surface area contributed by atoms with E-state index in [4.69, 9.17) is 0 Å². The first-order chi connectivity index (χ1) is 26.8. The molecule has 0 fully saturated rings. The van der Waals surface area contributed by atoms with Gasteiger partial charge in [-0.15, -0.1) is 0 Å². The predicted molar refractivity (Wildman–Crippen MR) is 231 cm³/mol. The van der Waals surface area contributed by atoms with Gasteiger partial charge in [-0.3, -0.25) is 0 Å². The normalized spacial score (nSPS) is 15.5. The van der Waals surface area contributed by atoms with Gasteiger partial charge in [0.25, 0.3) is 0 Å². The predicted octanol–water partition coefficient (Wildman–Crippen LogP) is 14.4. The van der Waals surface area contributed by atoms with E-state index in [1.165, 1.54) is 105 Å². The summed E-state index contributed by atoms with van der Waals surface area (Å²) < 4.78 is 0. The average Bonchev–Trinajstić information content (AvgIpc) is 3.24. The molecule has 0 saturated heterocycles. The van der Waals surface area contributed by atoms with E-state index in [2.05, 4.69) is 200 Å². The lowest BCUT2D eigenvalue weighted by Gasteiger charge is -2.34. The molecule has 252 valence electrons. The molecule has 0 saturated carbocycles. The van der Waals surface area contributed by atoms with Crippen LogP contribution in [0.2, 0.25) is 0 Å². The molecule has 3 aliphatic carbocycles. The highest BCUT2D eigenvalue weighted by molar-refractivity contribution is 6.21. The third-order valence-electron chi connectivity index (χ3n) is 11.8.